The van der Waals surface area contributed by atoms with Gasteiger partial charge in [-0.2, -0.15) is 0 Å². The molecule has 0 atom stereocenters. The monoisotopic (exact) mass is 293 g/mol. The highest BCUT2D eigenvalue weighted by Gasteiger charge is 2.43. The Balaban J connectivity index is 2.76. The minimum absolute atomic E-state index is 0.263. The van der Waals surface area contributed by atoms with Crippen LogP contribution in [0.3, 0.4) is 0 Å². The molecule has 0 amide bonds. The van der Waals surface area contributed by atoms with Crippen molar-refractivity contribution in [3.63, 3.8) is 0 Å². The second kappa shape index (κ2) is 4.04. The zero-order valence-corrected chi connectivity index (χ0v) is 11.0. The average molecular weight is 294 g/mol. The second-order valence-electron chi connectivity index (χ2n) is 3.25. The van der Waals surface area contributed by atoms with Gasteiger partial charge in [0, 0.05) is 0 Å². The summed E-state index contributed by atoms with van der Waals surface area (Å²) in [5.41, 5.74) is 0. The fraction of sp³-hybridized carbons (Fsp3) is 1.00. The Kier molecular flexibility index (Phi) is 3.75. The quantitative estimate of drug-likeness (QED) is 0.489. The molecule has 1 fully saturated rings. The van der Waals surface area contributed by atoms with Crippen molar-refractivity contribution in [3.05, 3.63) is 0 Å². The van der Waals surface area contributed by atoms with Crippen molar-refractivity contribution in [2.75, 3.05) is 14.1 Å². The molecule has 1 aliphatic heterocycles. The fourth-order valence-corrected chi connectivity index (χ4v) is 2.57. The lowest BCUT2D eigenvalue weighted by Gasteiger charge is -2.45. The molecule has 1 rings (SSSR count). The summed E-state index contributed by atoms with van der Waals surface area (Å²) < 4.78 is 6.65. The predicted octanol–water partition coefficient (Wildman–Crippen LogP) is 1.09. The van der Waals surface area contributed by atoms with E-state index in [4.69, 9.17) is 0 Å². The third kappa shape index (κ3) is 1.77. The van der Waals surface area contributed by atoms with E-state index in [0.717, 1.165) is 0 Å². The van der Waals surface area contributed by atoms with Gasteiger partial charge in [-0.1, -0.05) is 13.6 Å². The van der Waals surface area contributed by atoms with Crippen LogP contribution in [-0.4, -0.2) is 47.1 Å². The lowest BCUT2D eigenvalue weighted by molar-refractivity contribution is 0.613. The maximum Gasteiger partial charge on any atom is 0.380 e. The van der Waals surface area contributed by atoms with Gasteiger partial charge in [-0.25, -0.2) is 0 Å². The Morgan fingerprint density at radius 2 is 1.50 bits per heavy atom. The van der Waals surface area contributed by atoms with E-state index in [9.17, 15) is 0 Å². The third-order valence-electron chi connectivity index (χ3n) is 2.66. The Morgan fingerprint density at radius 3 is 2.00 bits per heavy atom. The maximum absolute atomic E-state index is 3.61. The second-order valence-corrected chi connectivity index (χ2v) is 4.89. The Labute approximate surface area is 92.5 Å². The maximum atomic E-state index is 3.61. The lowest BCUT2D eigenvalue weighted by Crippen LogP contribution is -2.69. The first kappa shape index (κ1) is 11.1. The molecular formula is C4H12B3Br2N3. The van der Waals surface area contributed by atoms with Crippen LogP contribution in [0.2, 0.25) is 13.6 Å². The van der Waals surface area contributed by atoms with E-state index in [1.807, 2.05) is 0 Å². The van der Waals surface area contributed by atoms with Gasteiger partial charge in [0.15, 0.2) is 0 Å². The molecule has 0 aromatic heterocycles. The minimum Gasteiger partial charge on any atom is -0.360 e. The zero-order valence-electron chi connectivity index (χ0n) is 7.83. The summed E-state index contributed by atoms with van der Waals surface area (Å²) in [5, 5.41) is 0. The van der Waals surface area contributed by atoms with E-state index in [-0.39, 0.29) is 5.81 Å². The average Bonchev–Trinajstić information content (AvgIpc) is 2.08. The molecule has 0 N–H and O–H groups in total. The first-order valence-electron chi connectivity index (χ1n) is 3.99. The smallest absolute Gasteiger partial charge is 0.360 e. The molecule has 3 nitrogen and oxygen atoms in total. The molecule has 0 saturated carbocycles. The van der Waals surface area contributed by atoms with Crippen LogP contribution in [0.5, 0.6) is 0 Å². The van der Waals surface area contributed by atoms with Crippen LogP contribution in [0, 0.1) is 0 Å². The molecule has 0 radical (unpaired) electrons. The first-order chi connectivity index (χ1) is 5.46. The van der Waals surface area contributed by atoms with Crippen LogP contribution in [0.1, 0.15) is 0 Å². The zero-order chi connectivity index (χ0) is 9.46. The molecule has 1 saturated heterocycles. The number of hydrogen-bond acceptors (Lipinski definition) is 3. The van der Waals surface area contributed by atoms with Gasteiger partial charge in [-0.3, -0.25) is 3.75 Å². The van der Waals surface area contributed by atoms with E-state index in [2.05, 4.69) is 72.8 Å². The minimum atomic E-state index is 0.263. The van der Waals surface area contributed by atoms with Crippen molar-refractivity contribution >= 4 is 51.7 Å². The summed E-state index contributed by atoms with van der Waals surface area (Å²) >= 11 is 7.14. The highest BCUT2D eigenvalue weighted by molar-refractivity contribution is 9.25. The molecule has 0 bridgehead atoms. The molecule has 12 heavy (non-hydrogen) atoms. The summed E-state index contributed by atoms with van der Waals surface area (Å²) in [5.74, 6) is 0.263. The van der Waals surface area contributed by atoms with Crippen LogP contribution >= 0.6 is 31.9 Å². The van der Waals surface area contributed by atoms with Crippen LogP contribution < -0.4 is 0 Å². The third-order valence-corrected chi connectivity index (χ3v) is 5.28. The summed E-state index contributed by atoms with van der Waals surface area (Å²) in [7, 11) is 4.22. The highest BCUT2D eigenvalue weighted by Crippen LogP contribution is 2.22. The molecule has 0 aromatic rings. The SMILES string of the molecule is CB1N(C)B(C)N(Br)B(Br)N1C. The van der Waals surface area contributed by atoms with E-state index in [1.165, 1.54) is 0 Å². The number of hydrogen-bond donors (Lipinski definition) is 0. The fourth-order valence-electron chi connectivity index (χ4n) is 1.30. The van der Waals surface area contributed by atoms with Gasteiger partial charge in [-0.05, 0) is 30.2 Å². The molecule has 0 unspecified atom stereocenters. The number of rotatable bonds is 0. The van der Waals surface area contributed by atoms with Crippen LogP contribution in [0.25, 0.3) is 0 Å². The largest absolute Gasteiger partial charge is 0.380 e. The summed E-state index contributed by atoms with van der Waals surface area (Å²) in [4.78, 5) is 0. The summed E-state index contributed by atoms with van der Waals surface area (Å²) in [6.45, 7) is 5.23. The van der Waals surface area contributed by atoms with Gasteiger partial charge in [0.05, 0.1) is 0 Å². The Morgan fingerprint density at radius 1 is 1.00 bits per heavy atom. The van der Waals surface area contributed by atoms with Crippen molar-refractivity contribution in [1.82, 2.24) is 13.2 Å². The topological polar surface area (TPSA) is 9.72 Å². The molecule has 1 aliphatic rings. The predicted molar refractivity (Wildman–Crippen MR) is 64.2 cm³/mol. The van der Waals surface area contributed by atoms with E-state index in [0.29, 0.717) is 14.0 Å². The molecule has 66 valence electrons. The van der Waals surface area contributed by atoms with E-state index >= 15 is 0 Å². The summed E-state index contributed by atoms with van der Waals surface area (Å²) in [6.07, 6.45) is 0. The van der Waals surface area contributed by atoms with Gasteiger partial charge < -0.3 is 9.44 Å². The van der Waals surface area contributed by atoms with Crippen molar-refractivity contribution < 1.29 is 0 Å². The molecule has 8 heteroatoms. The van der Waals surface area contributed by atoms with Crippen molar-refractivity contribution in [2.24, 2.45) is 0 Å². The van der Waals surface area contributed by atoms with Gasteiger partial charge in [0.1, 0.15) is 0 Å². The standard InChI is InChI=1S/C4H12B3Br2N3/c1-5-10(3)6(2)12(9)7(8)11(5)4/h1-4H3. The van der Waals surface area contributed by atoms with Crippen molar-refractivity contribution in [2.45, 2.75) is 13.6 Å². The molecule has 1 heterocycles. The summed E-state index contributed by atoms with van der Waals surface area (Å²) in [6, 6.07) is 0. The normalized spacial score (nSPS) is 24.0. The van der Waals surface area contributed by atoms with Gasteiger partial charge in [-0.15, -0.1) is 15.8 Å². The lowest BCUT2D eigenvalue weighted by atomic mass is 9.54. The highest BCUT2D eigenvalue weighted by atomic mass is 79.9. The Bertz CT molecular complexity index is 115. The van der Waals surface area contributed by atoms with Crippen LogP contribution in [0.4, 0.5) is 0 Å². The molecule has 0 spiro atoms. The number of nitrogens with zero attached hydrogens (tertiary/aromatic N) is 3. The molecule has 0 aliphatic carbocycles. The van der Waals surface area contributed by atoms with Gasteiger partial charge >= 0.3 is 5.81 Å². The first-order valence-corrected chi connectivity index (χ1v) is 5.61. The molecule has 0 aromatic carbocycles. The molecular weight excluding hydrogens is 282 g/mol. The van der Waals surface area contributed by atoms with Crippen LogP contribution in [-0.2, 0) is 0 Å². The van der Waals surface area contributed by atoms with E-state index < -0.39 is 0 Å². The number of halogens is 2. The van der Waals surface area contributed by atoms with Gasteiger partial charge in [0.2, 0.25) is 0 Å². The van der Waals surface area contributed by atoms with Crippen molar-refractivity contribution in [3.8, 4) is 0 Å². The Hall–Kier alpha value is 1.03. The van der Waals surface area contributed by atoms with Gasteiger partial charge in [0.25, 0.3) is 14.0 Å². The van der Waals surface area contributed by atoms with Crippen molar-refractivity contribution in [1.29, 1.82) is 0 Å². The van der Waals surface area contributed by atoms with E-state index in [1.54, 1.807) is 0 Å². The van der Waals surface area contributed by atoms with Crippen LogP contribution in [0.15, 0.2) is 0 Å².